The van der Waals surface area contributed by atoms with Crippen molar-refractivity contribution in [2.75, 3.05) is 13.6 Å². The van der Waals surface area contributed by atoms with Gasteiger partial charge in [-0.25, -0.2) is 0 Å². The predicted molar refractivity (Wildman–Crippen MR) is 115 cm³/mol. The highest BCUT2D eigenvalue weighted by Gasteiger charge is 2.61. The average molecular weight is 412 g/mol. The molecule has 2 atom stereocenters. The summed E-state index contributed by atoms with van der Waals surface area (Å²) in [6, 6.07) is 8.01. The molecule has 2 aromatic heterocycles. The number of fused-ring (bicyclic) bond motifs is 4. The number of benzene rings is 1. The topological polar surface area (TPSA) is 50.4 Å². The first-order valence-corrected chi connectivity index (χ1v) is 10.7. The van der Waals surface area contributed by atoms with Gasteiger partial charge in [0.05, 0.1) is 17.0 Å². The van der Waals surface area contributed by atoms with Crippen LogP contribution in [0.25, 0.3) is 10.4 Å². The number of thiophene rings is 1. The van der Waals surface area contributed by atoms with E-state index in [0.717, 1.165) is 46.3 Å². The molecule has 0 radical (unpaired) electrons. The van der Waals surface area contributed by atoms with Gasteiger partial charge in [0.25, 0.3) is 0 Å². The Morgan fingerprint density at radius 1 is 1.21 bits per heavy atom. The van der Waals surface area contributed by atoms with Crippen LogP contribution in [-0.4, -0.2) is 24.5 Å². The molecule has 28 heavy (non-hydrogen) atoms. The summed E-state index contributed by atoms with van der Waals surface area (Å²) in [5, 5.41) is 8.39. The van der Waals surface area contributed by atoms with Crippen LogP contribution < -0.4 is 5.32 Å². The van der Waals surface area contributed by atoms with Gasteiger partial charge in [0.1, 0.15) is 5.54 Å². The normalized spacial score (nSPS) is 22.6. The van der Waals surface area contributed by atoms with E-state index in [1.54, 1.807) is 0 Å². The highest BCUT2D eigenvalue weighted by molar-refractivity contribution is 7.16. The Bertz CT molecular complexity index is 1110. The van der Waals surface area contributed by atoms with Crippen molar-refractivity contribution in [3.8, 4) is 10.4 Å². The molecule has 144 valence electrons. The quantitative estimate of drug-likeness (QED) is 0.638. The summed E-state index contributed by atoms with van der Waals surface area (Å²) in [5.74, 6) is 1.33. The SMILES string of the molecule is CNCC1CC12N=C(c1ccc(Cl)cc1)c1c(sc(C)c1C)-c1c(C)noc12. The zero-order valence-corrected chi connectivity index (χ0v) is 18.0. The number of aromatic nitrogens is 1. The van der Waals surface area contributed by atoms with Crippen molar-refractivity contribution in [2.24, 2.45) is 10.9 Å². The van der Waals surface area contributed by atoms with Gasteiger partial charge in [0.2, 0.25) is 0 Å². The maximum atomic E-state index is 6.16. The molecule has 2 unspecified atom stereocenters. The van der Waals surface area contributed by atoms with Crippen LogP contribution in [0.1, 0.15) is 39.4 Å². The van der Waals surface area contributed by atoms with Crippen molar-refractivity contribution < 1.29 is 4.52 Å². The molecule has 1 aliphatic heterocycles. The van der Waals surface area contributed by atoms with E-state index in [-0.39, 0.29) is 5.54 Å². The number of hydrogen-bond donors (Lipinski definition) is 1. The van der Waals surface area contributed by atoms with Crippen molar-refractivity contribution in [1.82, 2.24) is 10.5 Å². The Morgan fingerprint density at radius 3 is 2.68 bits per heavy atom. The molecule has 1 aromatic carbocycles. The first kappa shape index (κ1) is 18.1. The second-order valence-electron chi connectivity index (χ2n) is 7.81. The third kappa shape index (κ3) is 2.46. The molecule has 3 heterocycles. The van der Waals surface area contributed by atoms with Gasteiger partial charge in [-0.2, -0.15) is 0 Å². The summed E-state index contributed by atoms with van der Waals surface area (Å²) in [4.78, 5) is 7.92. The number of aryl methyl sites for hydroxylation is 2. The summed E-state index contributed by atoms with van der Waals surface area (Å²) in [5.41, 5.74) is 6.37. The molecule has 5 rings (SSSR count). The number of rotatable bonds is 3. The summed E-state index contributed by atoms with van der Waals surface area (Å²) in [7, 11) is 1.99. The molecule has 0 amide bonds. The van der Waals surface area contributed by atoms with Gasteiger partial charge in [0.15, 0.2) is 5.76 Å². The summed E-state index contributed by atoms with van der Waals surface area (Å²) in [6.07, 6.45) is 0.972. The summed E-state index contributed by atoms with van der Waals surface area (Å²) >= 11 is 7.97. The van der Waals surface area contributed by atoms with Gasteiger partial charge >= 0.3 is 0 Å². The molecule has 1 spiro atoms. The molecular weight excluding hydrogens is 390 g/mol. The van der Waals surface area contributed by atoms with Gasteiger partial charge in [-0.05, 0) is 51.9 Å². The number of aliphatic imine (C=N–C) groups is 1. The van der Waals surface area contributed by atoms with E-state index >= 15 is 0 Å². The van der Waals surface area contributed by atoms with Gasteiger partial charge < -0.3 is 9.84 Å². The Hall–Kier alpha value is -1.95. The average Bonchev–Trinajstić information content (AvgIpc) is 3.12. The second kappa shape index (κ2) is 6.28. The molecule has 1 N–H and O–H groups in total. The fourth-order valence-corrected chi connectivity index (χ4v) is 5.74. The molecule has 1 fully saturated rings. The zero-order chi connectivity index (χ0) is 19.6. The minimum Gasteiger partial charge on any atom is -0.358 e. The van der Waals surface area contributed by atoms with Crippen LogP contribution >= 0.6 is 22.9 Å². The van der Waals surface area contributed by atoms with Crippen LogP contribution in [-0.2, 0) is 5.54 Å². The molecule has 2 aliphatic rings. The zero-order valence-electron chi connectivity index (χ0n) is 16.4. The molecular formula is C22H22ClN3OS. The van der Waals surface area contributed by atoms with E-state index in [1.165, 1.54) is 20.9 Å². The highest BCUT2D eigenvalue weighted by Crippen LogP contribution is 2.60. The molecule has 0 saturated heterocycles. The maximum absolute atomic E-state index is 6.16. The highest BCUT2D eigenvalue weighted by atomic mass is 35.5. The lowest BCUT2D eigenvalue weighted by Crippen LogP contribution is -2.18. The molecule has 4 nitrogen and oxygen atoms in total. The molecule has 3 aromatic rings. The minimum atomic E-state index is -0.340. The van der Waals surface area contributed by atoms with Gasteiger partial charge in [-0.3, -0.25) is 4.99 Å². The number of nitrogens with zero attached hydrogens (tertiary/aromatic N) is 2. The molecule has 6 heteroatoms. The molecule has 0 bridgehead atoms. The van der Waals surface area contributed by atoms with Gasteiger partial charge in [-0.15, -0.1) is 11.3 Å². The third-order valence-electron chi connectivity index (χ3n) is 6.06. The fraction of sp³-hybridized carbons (Fsp3) is 0.364. The van der Waals surface area contributed by atoms with Crippen LogP contribution in [0.2, 0.25) is 5.02 Å². The largest absolute Gasteiger partial charge is 0.358 e. The van der Waals surface area contributed by atoms with Crippen LogP contribution in [0, 0.1) is 26.7 Å². The Kier molecular flexibility index (Phi) is 4.06. The van der Waals surface area contributed by atoms with E-state index in [0.29, 0.717) is 5.92 Å². The fourth-order valence-electron chi connectivity index (χ4n) is 4.36. The molecule has 1 aliphatic carbocycles. The van der Waals surface area contributed by atoms with Crippen LogP contribution in [0.5, 0.6) is 0 Å². The van der Waals surface area contributed by atoms with Gasteiger partial charge in [-0.1, -0.05) is 28.9 Å². The Balaban J connectivity index is 1.82. The third-order valence-corrected chi connectivity index (χ3v) is 7.53. The summed E-state index contributed by atoms with van der Waals surface area (Å²) in [6.45, 7) is 7.30. The predicted octanol–water partition coefficient (Wildman–Crippen LogP) is 5.27. The Morgan fingerprint density at radius 2 is 1.96 bits per heavy atom. The number of hydrogen-bond acceptors (Lipinski definition) is 5. The minimum absolute atomic E-state index is 0.340. The summed E-state index contributed by atoms with van der Waals surface area (Å²) < 4.78 is 5.93. The van der Waals surface area contributed by atoms with Crippen LogP contribution in [0.3, 0.4) is 0 Å². The standard InChI is InChI=1S/C22H22ClN3OS/c1-11-13(3)28-20-17(11)19(14-5-7-16(23)8-6-14)25-22(9-15(22)10-24-4)21-18(20)12(2)26-27-21/h5-8,15,24H,9-10H2,1-4H3. The van der Waals surface area contributed by atoms with E-state index in [1.807, 2.05) is 37.4 Å². The first-order valence-electron chi connectivity index (χ1n) is 9.54. The smallest absolute Gasteiger partial charge is 0.173 e. The lowest BCUT2D eigenvalue weighted by Gasteiger charge is -2.13. The van der Waals surface area contributed by atoms with Crippen LogP contribution in [0.4, 0.5) is 0 Å². The second-order valence-corrected chi connectivity index (χ2v) is 9.47. The van der Waals surface area contributed by atoms with E-state index < -0.39 is 0 Å². The van der Waals surface area contributed by atoms with Crippen LogP contribution in [0.15, 0.2) is 33.8 Å². The maximum Gasteiger partial charge on any atom is 0.173 e. The van der Waals surface area contributed by atoms with Crippen molar-refractivity contribution >= 4 is 28.6 Å². The Labute approximate surface area is 173 Å². The van der Waals surface area contributed by atoms with E-state index in [2.05, 4.69) is 36.5 Å². The van der Waals surface area contributed by atoms with Crippen molar-refractivity contribution in [3.63, 3.8) is 0 Å². The van der Waals surface area contributed by atoms with E-state index in [9.17, 15) is 0 Å². The van der Waals surface area contributed by atoms with E-state index in [4.69, 9.17) is 21.1 Å². The first-order chi connectivity index (χ1) is 13.5. The molecule has 1 saturated carbocycles. The van der Waals surface area contributed by atoms with Gasteiger partial charge in [0, 0.05) is 38.4 Å². The number of halogens is 1. The van der Waals surface area contributed by atoms with Crippen molar-refractivity contribution in [1.29, 1.82) is 0 Å². The number of nitrogens with one attached hydrogen (secondary N) is 1. The van der Waals surface area contributed by atoms with Crippen molar-refractivity contribution in [2.45, 2.75) is 32.7 Å². The lowest BCUT2D eigenvalue weighted by molar-refractivity contribution is 0.344. The van der Waals surface area contributed by atoms with Crippen molar-refractivity contribution in [3.05, 3.63) is 62.3 Å². The monoisotopic (exact) mass is 411 g/mol. The lowest BCUT2D eigenvalue weighted by atomic mass is 9.96.